The molecule has 0 radical (unpaired) electrons. The molecule has 4 bridgehead atoms. The van der Waals surface area contributed by atoms with Crippen molar-refractivity contribution in [2.75, 3.05) is 20.2 Å². The molecule has 0 amide bonds. The zero-order valence-electron chi connectivity index (χ0n) is 14.5. The van der Waals surface area contributed by atoms with E-state index in [0.717, 1.165) is 30.4 Å². The van der Waals surface area contributed by atoms with Crippen LogP contribution in [0.4, 0.5) is 0 Å². The number of phenols is 1. The average molecular weight is 338 g/mol. The van der Waals surface area contributed by atoms with Gasteiger partial charge in [-0.15, -0.1) is 0 Å². The third-order valence-electron chi connectivity index (χ3n) is 6.48. The van der Waals surface area contributed by atoms with Gasteiger partial charge in [0.1, 0.15) is 5.75 Å². The van der Waals surface area contributed by atoms with Crippen molar-refractivity contribution in [3.05, 3.63) is 41.1 Å². The molecule has 5 unspecified atom stereocenters. The molecule has 3 saturated heterocycles. The number of esters is 1. The van der Waals surface area contributed by atoms with Crippen LogP contribution < -0.4 is 0 Å². The number of nitrogens with zero attached hydrogens (tertiary/aromatic N) is 1. The molecule has 5 heteroatoms. The summed E-state index contributed by atoms with van der Waals surface area (Å²) in [6.45, 7) is 3.86. The summed E-state index contributed by atoms with van der Waals surface area (Å²) in [4.78, 5) is 18.8. The van der Waals surface area contributed by atoms with Gasteiger partial charge in [0.15, 0.2) is 0 Å². The Hall–Kier alpha value is -2.27. The van der Waals surface area contributed by atoms with Gasteiger partial charge < -0.3 is 14.8 Å². The average Bonchev–Trinajstić information content (AvgIpc) is 2.76. The lowest BCUT2D eigenvalue weighted by Gasteiger charge is -2.39. The number of allylic oxidation sites excluding steroid dienone is 1. The van der Waals surface area contributed by atoms with E-state index in [1.54, 1.807) is 6.07 Å². The smallest absolute Gasteiger partial charge is 0.309 e. The van der Waals surface area contributed by atoms with Crippen LogP contribution in [0.5, 0.6) is 5.75 Å². The summed E-state index contributed by atoms with van der Waals surface area (Å²) in [7, 11) is 1.49. The number of nitrogens with one attached hydrogen (secondary N) is 1. The molecular formula is C20H22N2O3. The maximum absolute atomic E-state index is 12.8. The standard InChI is InChI=1S/C20H22N2O3/c1-3-10-8-22-9-14-17-13-6-11(23)4-5-15(13)21-19(17)16(22)7-12(10)18(14)20(24)25-2/h3-6,12,14,16,18,21,23H,7-9H2,1-2H3. The highest BCUT2D eigenvalue weighted by atomic mass is 16.5. The largest absolute Gasteiger partial charge is 0.508 e. The van der Waals surface area contributed by atoms with E-state index in [2.05, 4.69) is 22.9 Å². The molecule has 5 heterocycles. The first-order valence-corrected chi connectivity index (χ1v) is 8.93. The second kappa shape index (κ2) is 5.11. The van der Waals surface area contributed by atoms with Gasteiger partial charge in [-0.3, -0.25) is 9.69 Å². The zero-order valence-corrected chi connectivity index (χ0v) is 14.5. The van der Waals surface area contributed by atoms with Crippen LogP contribution in [0.2, 0.25) is 0 Å². The molecule has 0 spiro atoms. The van der Waals surface area contributed by atoms with Gasteiger partial charge in [-0.25, -0.2) is 0 Å². The van der Waals surface area contributed by atoms with E-state index in [0.29, 0.717) is 6.04 Å². The van der Waals surface area contributed by atoms with Crippen molar-refractivity contribution in [2.24, 2.45) is 11.8 Å². The molecule has 5 aliphatic rings. The Balaban J connectivity index is 1.78. The summed E-state index contributed by atoms with van der Waals surface area (Å²) >= 11 is 0. The molecular weight excluding hydrogens is 316 g/mol. The summed E-state index contributed by atoms with van der Waals surface area (Å²) in [5, 5.41) is 11.0. The van der Waals surface area contributed by atoms with Crippen LogP contribution in [0.1, 0.15) is 36.6 Å². The lowest BCUT2D eigenvalue weighted by molar-refractivity contribution is -0.147. The molecule has 2 N–H and O–H groups in total. The number of hydrogen-bond donors (Lipinski definition) is 2. The number of carbonyl (C=O) groups is 1. The van der Waals surface area contributed by atoms with E-state index >= 15 is 0 Å². The third-order valence-corrected chi connectivity index (χ3v) is 6.48. The van der Waals surface area contributed by atoms with E-state index in [4.69, 9.17) is 4.74 Å². The summed E-state index contributed by atoms with van der Waals surface area (Å²) in [6.07, 6.45) is 3.12. The van der Waals surface area contributed by atoms with Gasteiger partial charge in [0.25, 0.3) is 0 Å². The molecule has 4 aliphatic heterocycles. The number of H-pyrrole nitrogens is 1. The number of phenolic OH excluding ortho intramolecular Hbond substituents is 1. The second-order valence-electron chi connectivity index (χ2n) is 7.49. The fourth-order valence-corrected chi connectivity index (χ4v) is 5.44. The molecule has 5 nitrogen and oxygen atoms in total. The van der Waals surface area contributed by atoms with Crippen molar-refractivity contribution in [2.45, 2.75) is 25.3 Å². The first-order chi connectivity index (χ1) is 12.1. The topological polar surface area (TPSA) is 65.6 Å². The van der Waals surface area contributed by atoms with Gasteiger partial charge in [0.05, 0.1) is 19.1 Å². The highest BCUT2D eigenvalue weighted by molar-refractivity contribution is 5.88. The number of aromatic amines is 1. The Labute approximate surface area is 146 Å². The maximum Gasteiger partial charge on any atom is 0.309 e. The lowest BCUT2D eigenvalue weighted by Crippen LogP contribution is -2.39. The number of methoxy groups -OCH3 is 1. The summed E-state index contributed by atoms with van der Waals surface area (Å²) < 4.78 is 5.22. The van der Waals surface area contributed by atoms with Crippen LogP contribution in [0.3, 0.4) is 0 Å². The monoisotopic (exact) mass is 338 g/mol. The Morgan fingerprint density at radius 3 is 3.00 bits per heavy atom. The van der Waals surface area contributed by atoms with Gasteiger partial charge in [-0.2, -0.15) is 0 Å². The minimum absolute atomic E-state index is 0.0965. The highest BCUT2D eigenvalue weighted by Gasteiger charge is 2.53. The van der Waals surface area contributed by atoms with E-state index in [1.807, 2.05) is 12.1 Å². The van der Waals surface area contributed by atoms with E-state index < -0.39 is 0 Å². The summed E-state index contributed by atoms with van der Waals surface area (Å²) in [5.41, 5.74) is 4.82. The van der Waals surface area contributed by atoms with Gasteiger partial charge in [-0.1, -0.05) is 11.6 Å². The zero-order chi connectivity index (χ0) is 17.3. The van der Waals surface area contributed by atoms with Crippen LogP contribution in [0.25, 0.3) is 10.9 Å². The lowest BCUT2D eigenvalue weighted by atomic mass is 9.76. The highest BCUT2D eigenvalue weighted by Crippen LogP contribution is 2.56. The maximum atomic E-state index is 12.8. The Morgan fingerprint density at radius 2 is 2.24 bits per heavy atom. The van der Waals surface area contributed by atoms with E-state index in [1.165, 1.54) is 23.9 Å². The number of benzene rings is 1. The molecule has 130 valence electrons. The Bertz CT molecular complexity index is 913. The predicted molar refractivity (Wildman–Crippen MR) is 94.4 cm³/mol. The predicted octanol–water partition coefficient (Wildman–Crippen LogP) is 3.08. The number of aromatic nitrogens is 1. The second-order valence-corrected chi connectivity index (χ2v) is 7.49. The normalized spacial score (nSPS) is 34.3. The van der Waals surface area contributed by atoms with Crippen molar-refractivity contribution >= 4 is 16.9 Å². The number of aromatic hydroxyl groups is 1. The van der Waals surface area contributed by atoms with E-state index in [-0.39, 0.29) is 29.5 Å². The van der Waals surface area contributed by atoms with Crippen molar-refractivity contribution in [1.82, 2.24) is 9.88 Å². The Kier molecular flexibility index (Phi) is 3.07. The van der Waals surface area contributed by atoms with Gasteiger partial charge in [0, 0.05) is 35.6 Å². The van der Waals surface area contributed by atoms with Crippen LogP contribution >= 0.6 is 0 Å². The van der Waals surface area contributed by atoms with Crippen LogP contribution in [-0.4, -0.2) is 41.2 Å². The molecule has 5 atom stereocenters. The number of ether oxygens (including phenoxy) is 1. The Morgan fingerprint density at radius 1 is 1.40 bits per heavy atom. The first-order valence-electron chi connectivity index (χ1n) is 8.93. The van der Waals surface area contributed by atoms with Gasteiger partial charge >= 0.3 is 5.97 Å². The fourth-order valence-electron chi connectivity index (χ4n) is 5.44. The quantitative estimate of drug-likeness (QED) is 0.619. The molecule has 1 aromatic carbocycles. The number of carbonyl (C=O) groups excluding carboxylic acids is 1. The molecule has 25 heavy (non-hydrogen) atoms. The molecule has 2 aromatic rings. The third kappa shape index (κ3) is 1.90. The molecule has 0 saturated carbocycles. The minimum Gasteiger partial charge on any atom is -0.508 e. The number of rotatable bonds is 1. The van der Waals surface area contributed by atoms with Crippen LogP contribution in [0.15, 0.2) is 29.8 Å². The van der Waals surface area contributed by atoms with Gasteiger partial charge in [0.2, 0.25) is 0 Å². The van der Waals surface area contributed by atoms with Crippen molar-refractivity contribution < 1.29 is 14.6 Å². The fraction of sp³-hybridized carbons (Fsp3) is 0.450. The summed E-state index contributed by atoms with van der Waals surface area (Å²) in [5.74, 6) is 0.327. The van der Waals surface area contributed by atoms with Gasteiger partial charge in [-0.05, 0) is 43.0 Å². The number of fused-ring (bicyclic) bond motifs is 2. The minimum atomic E-state index is -0.159. The molecule has 1 aliphatic carbocycles. The SMILES string of the molecule is CC=C1CN2CC3c4c([nH]c5ccc(O)cc45)C2CC1C3C(=O)OC. The number of piperidine rings is 1. The first kappa shape index (κ1) is 15.0. The molecule has 3 fully saturated rings. The van der Waals surface area contributed by atoms with Crippen molar-refractivity contribution in [1.29, 1.82) is 0 Å². The summed E-state index contributed by atoms with van der Waals surface area (Å²) in [6, 6.07) is 5.77. The molecule has 7 rings (SSSR count). The van der Waals surface area contributed by atoms with Crippen molar-refractivity contribution in [3.63, 3.8) is 0 Å². The van der Waals surface area contributed by atoms with Crippen molar-refractivity contribution in [3.8, 4) is 5.75 Å². The number of hydrogen-bond acceptors (Lipinski definition) is 4. The van der Waals surface area contributed by atoms with E-state index in [9.17, 15) is 9.90 Å². The van der Waals surface area contributed by atoms with Crippen LogP contribution in [0, 0.1) is 11.8 Å². The van der Waals surface area contributed by atoms with Crippen LogP contribution in [-0.2, 0) is 9.53 Å². The molecule has 1 aromatic heterocycles.